The number of hydrogen-bond acceptors (Lipinski definition) is 2. The monoisotopic (exact) mass is 235 g/mol. The molecule has 4 heteroatoms. The zero-order valence-corrected chi connectivity index (χ0v) is 10.9. The van der Waals surface area contributed by atoms with Crippen LogP contribution in [0.2, 0.25) is 0 Å². The lowest BCUT2D eigenvalue weighted by Gasteiger charge is -2.06. The minimum Gasteiger partial charge on any atom is -0.323 e. The molecule has 0 aliphatic rings. The topological polar surface area (TPSA) is 53.2 Å². The Morgan fingerprint density at radius 2 is 1.71 bits per heavy atom. The molecule has 1 aromatic carbocycles. The third-order valence-electron chi connectivity index (χ3n) is 1.78. The molecule has 0 heterocycles. The molecule has 0 aromatic heterocycles. The first-order valence-corrected chi connectivity index (χ1v) is 5.48. The van der Waals surface area contributed by atoms with E-state index >= 15 is 0 Å². The van der Waals surface area contributed by atoms with E-state index in [-0.39, 0.29) is 6.03 Å². The van der Waals surface area contributed by atoms with Crippen molar-refractivity contribution in [1.82, 2.24) is 10.6 Å². The van der Waals surface area contributed by atoms with Crippen molar-refractivity contribution in [2.45, 2.75) is 13.8 Å². The van der Waals surface area contributed by atoms with E-state index in [1.54, 1.807) is 0 Å². The maximum Gasteiger partial charge on any atom is 0.323 e. The first kappa shape index (κ1) is 15.2. The van der Waals surface area contributed by atoms with Gasteiger partial charge in [0.15, 0.2) is 0 Å². The Hall–Kier alpha value is -1.81. The van der Waals surface area contributed by atoms with Crippen LogP contribution in [0.3, 0.4) is 0 Å². The third kappa shape index (κ3) is 8.04. The minimum atomic E-state index is -0.216. The van der Waals surface area contributed by atoms with E-state index in [1.165, 1.54) is 0 Å². The van der Waals surface area contributed by atoms with Crippen LogP contribution in [0.1, 0.15) is 13.8 Å². The SMILES string of the molecule is C/C=C(\C)NC(=O)Nc1ccccc1.CNC. The summed E-state index contributed by atoms with van der Waals surface area (Å²) < 4.78 is 0. The van der Waals surface area contributed by atoms with Gasteiger partial charge in [0.25, 0.3) is 0 Å². The molecule has 3 N–H and O–H groups in total. The average molecular weight is 235 g/mol. The highest BCUT2D eigenvalue weighted by molar-refractivity contribution is 5.90. The van der Waals surface area contributed by atoms with E-state index in [9.17, 15) is 4.79 Å². The number of amides is 2. The Morgan fingerprint density at radius 1 is 1.18 bits per heavy atom. The number of benzene rings is 1. The first-order chi connectivity index (χ1) is 8.13. The van der Waals surface area contributed by atoms with Crippen LogP contribution in [0.25, 0.3) is 0 Å². The molecule has 1 rings (SSSR count). The van der Waals surface area contributed by atoms with Gasteiger partial charge in [-0.2, -0.15) is 0 Å². The third-order valence-corrected chi connectivity index (χ3v) is 1.78. The summed E-state index contributed by atoms with van der Waals surface area (Å²) in [6.07, 6.45) is 1.84. The summed E-state index contributed by atoms with van der Waals surface area (Å²) in [5.41, 5.74) is 1.62. The summed E-state index contributed by atoms with van der Waals surface area (Å²) >= 11 is 0. The molecule has 17 heavy (non-hydrogen) atoms. The highest BCUT2D eigenvalue weighted by Crippen LogP contribution is 2.04. The first-order valence-electron chi connectivity index (χ1n) is 5.48. The van der Waals surface area contributed by atoms with Crippen molar-refractivity contribution in [3.05, 3.63) is 42.1 Å². The van der Waals surface area contributed by atoms with Gasteiger partial charge in [0, 0.05) is 11.4 Å². The Kier molecular flexibility index (Phi) is 8.42. The van der Waals surface area contributed by atoms with E-state index in [0.717, 1.165) is 11.4 Å². The molecule has 0 saturated heterocycles. The molecule has 4 nitrogen and oxygen atoms in total. The zero-order valence-electron chi connectivity index (χ0n) is 10.9. The van der Waals surface area contributed by atoms with Gasteiger partial charge in [-0.25, -0.2) is 4.79 Å². The molecule has 0 unspecified atom stereocenters. The molecule has 94 valence electrons. The highest BCUT2D eigenvalue weighted by Gasteiger charge is 1.99. The lowest BCUT2D eigenvalue weighted by molar-refractivity contribution is 0.254. The van der Waals surface area contributed by atoms with Crippen molar-refractivity contribution in [3.63, 3.8) is 0 Å². The van der Waals surface area contributed by atoms with Gasteiger partial charge < -0.3 is 16.0 Å². The van der Waals surface area contributed by atoms with Gasteiger partial charge in [-0.05, 0) is 40.1 Å². The van der Waals surface area contributed by atoms with Crippen LogP contribution >= 0.6 is 0 Å². The molecule has 0 bridgehead atoms. The van der Waals surface area contributed by atoms with Crippen molar-refractivity contribution >= 4 is 11.7 Å². The molecule has 0 spiro atoms. The maximum atomic E-state index is 11.3. The predicted octanol–water partition coefficient (Wildman–Crippen LogP) is 2.57. The zero-order chi connectivity index (χ0) is 13.1. The molecule has 0 aliphatic heterocycles. The number of rotatable bonds is 2. The molecule has 0 saturated carbocycles. The predicted molar refractivity (Wildman–Crippen MR) is 73.0 cm³/mol. The van der Waals surface area contributed by atoms with Gasteiger partial charge in [-0.1, -0.05) is 24.3 Å². The van der Waals surface area contributed by atoms with Crippen LogP contribution in [0.15, 0.2) is 42.1 Å². The van der Waals surface area contributed by atoms with Crippen LogP contribution in [0, 0.1) is 0 Å². The summed E-state index contributed by atoms with van der Waals surface area (Å²) in [6, 6.07) is 9.11. The van der Waals surface area contributed by atoms with Crippen LogP contribution in [-0.2, 0) is 0 Å². The van der Waals surface area contributed by atoms with Crippen molar-refractivity contribution < 1.29 is 4.79 Å². The largest absolute Gasteiger partial charge is 0.323 e. The van der Waals surface area contributed by atoms with Crippen LogP contribution in [-0.4, -0.2) is 20.1 Å². The Labute approximate surface area is 103 Å². The number of nitrogens with one attached hydrogen (secondary N) is 3. The molecule has 0 aliphatic carbocycles. The quantitative estimate of drug-likeness (QED) is 0.738. The molecule has 0 atom stereocenters. The second-order valence-corrected chi connectivity index (χ2v) is 3.42. The summed E-state index contributed by atoms with van der Waals surface area (Å²) in [5.74, 6) is 0. The van der Waals surface area contributed by atoms with Crippen LogP contribution in [0.5, 0.6) is 0 Å². The van der Waals surface area contributed by atoms with Crippen molar-refractivity contribution in [2.75, 3.05) is 19.4 Å². The number of carbonyl (C=O) groups excluding carboxylic acids is 1. The van der Waals surface area contributed by atoms with E-state index in [0.29, 0.717) is 0 Å². The van der Waals surface area contributed by atoms with Crippen molar-refractivity contribution in [1.29, 1.82) is 0 Å². The number of anilines is 1. The van der Waals surface area contributed by atoms with E-state index < -0.39 is 0 Å². The summed E-state index contributed by atoms with van der Waals surface area (Å²) in [7, 11) is 3.75. The second-order valence-electron chi connectivity index (χ2n) is 3.42. The number of allylic oxidation sites excluding steroid dienone is 2. The standard InChI is InChI=1S/C11H14N2O.C2H7N/c1-3-9(2)12-11(14)13-10-7-5-4-6-8-10;1-3-2/h3-8H,1-2H3,(H2,12,13,14);3H,1-2H3/b9-3+;. The van der Waals surface area contributed by atoms with Gasteiger partial charge in [-0.15, -0.1) is 0 Å². The van der Waals surface area contributed by atoms with E-state index in [2.05, 4.69) is 16.0 Å². The van der Waals surface area contributed by atoms with Gasteiger partial charge in [0.05, 0.1) is 0 Å². The van der Waals surface area contributed by atoms with Gasteiger partial charge in [0.1, 0.15) is 0 Å². The normalized spacial score (nSPS) is 10.0. The summed E-state index contributed by atoms with van der Waals surface area (Å²) in [6.45, 7) is 3.71. The van der Waals surface area contributed by atoms with Gasteiger partial charge >= 0.3 is 6.03 Å². The van der Waals surface area contributed by atoms with Crippen molar-refractivity contribution in [2.24, 2.45) is 0 Å². The van der Waals surface area contributed by atoms with Crippen LogP contribution < -0.4 is 16.0 Å². The second kappa shape index (κ2) is 9.42. The van der Waals surface area contributed by atoms with Crippen LogP contribution in [0.4, 0.5) is 10.5 Å². The summed E-state index contributed by atoms with van der Waals surface area (Å²) in [4.78, 5) is 11.3. The van der Waals surface area contributed by atoms with Gasteiger partial charge in [0.2, 0.25) is 0 Å². The Bertz CT molecular complexity index is 347. The molecular formula is C13H21N3O. The number of hydrogen-bond donors (Lipinski definition) is 3. The number of urea groups is 1. The lowest BCUT2D eigenvalue weighted by atomic mass is 10.3. The minimum absolute atomic E-state index is 0.216. The molecule has 2 amide bonds. The maximum absolute atomic E-state index is 11.3. The average Bonchev–Trinajstić information content (AvgIpc) is 2.31. The fourth-order valence-corrected chi connectivity index (χ4v) is 0.935. The van der Waals surface area contributed by atoms with Crippen molar-refractivity contribution in [3.8, 4) is 0 Å². The number of carbonyl (C=O) groups is 1. The fourth-order valence-electron chi connectivity index (χ4n) is 0.935. The molecule has 1 aromatic rings. The van der Waals surface area contributed by atoms with E-state index in [4.69, 9.17) is 0 Å². The molecule has 0 radical (unpaired) electrons. The molecule has 0 fully saturated rings. The smallest absolute Gasteiger partial charge is 0.323 e. The van der Waals surface area contributed by atoms with E-state index in [1.807, 2.05) is 64.4 Å². The number of para-hydroxylation sites is 1. The fraction of sp³-hybridized carbons (Fsp3) is 0.308. The molecular weight excluding hydrogens is 214 g/mol. The summed E-state index contributed by atoms with van der Waals surface area (Å²) in [5, 5.41) is 8.16. The Morgan fingerprint density at radius 3 is 2.18 bits per heavy atom. The lowest BCUT2D eigenvalue weighted by Crippen LogP contribution is -2.26. The Balaban J connectivity index is 0.000000770. The van der Waals surface area contributed by atoms with Gasteiger partial charge in [-0.3, -0.25) is 0 Å². The highest BCUT2D eigenvalue weighted by atomic mass is 16.2.